The zero-order chi connectivity index (χ0) is 7.82. The number of hydrogen-bond acceptors (Lipinski definition) is 0. The van der Waals surface area contributed by atoms with Crippen LogP contribution in [-0.4, -0.2) is 5.88 Å². The molecule has 0 fully saturated rings. The molecule has 0 aliphatic heterocycles. The Labute approximate surface area is 76.1 Å². The van der Waals surface area contributed by atoms with Crippen LogP contribution in [0.2, 0.25) is 0 Å². The van der Waals surface area contributed by atoms with Crippen molar-refractivity contribution in [3.8, 4) is 0 Å². The van der Waals surface area contributed by atoms with Crippen molar-refractivity contribution in [2.75, 3.05) is 5.88 Å². The lowest BCUT2D eigenvalue weighted by Gasteiger charge is -1.90. The van der Waals surface area contributed by atoms with Crippen LogP contribution in [0.25, 0.3) is 0 Å². The summed E-state index contributed by atoms with van der Waals surface area (Å²) < 4.78 is 1.20. The molecule has 0 aromatic heterocycles. The molecule has 0 spiro atoms. The summed E-state index contributed by atoms with van der Waals surface area (Å²) in [5.74, 6) is 0.587. The topological polar surface area (TPSA) is 0 Å². The molecular weight excluding hydrogens is 211 g/mol. The average molecular weight is 223 g/mol. The predicted octanol–water partition coefficient (Wildman–Crippen LogP) is 3.67. The van der Waals surface area contributed by atoms with Gasteiger partial charge in [0.2, 0.25) is 0 Å². The highest BCUT2D eigenvalue weighted by molar-refractivity contribution is 9.11. The lowest BCUT2D eigenvalue weighted by Crippen LogP contribution is -1.71. The molecule has 0 bridgehead atoms. The maximum Gasteiger partial charge on any atom is 0.0404 e. The molecule has 0 aliphatic carbocycles. The molecule has 1 radical (unpaired) electrons. The number of halogens is 2. The lowest BCUT2D eigenvalue weighted by atomic mass is 10.3. The molecule has 0 saturated carbocycles. The maximum absolute atomic E-state index is 5.42. The van der Waals surface area contributed by atoms with Crippen molar-refractivity contribution in [2.24, 2.45) is 0 Å². The van der Waals surface area contributed by atoms with E-state index in [-0.39, 0.29) is 0 Å². The highest BCUT2D eigenvalue weighted by Crippen LogP contribution is 2.11. The van der Waals surface area contributed by atoms with E-state index in [1.54, 1.807) is 0 Å². The van der Waals surface area contributed by atoms with Crippen molar-refractivity contribution >= 4 is 27.5 Å². The zero-order valence-electron chi connectivity index (χ0n) is 5.98. The van der Waals surface area contributed by atoms with Crippen molar-refractivity contribution in [3.05, 3.63) is 29.1 Å². The Morgan fingerprint density at radius 2 is 2.30 bits per heavy atom. The second-order valence-corrected chi connectivity index (χ2v) is 3.08. The van der Waals surface area contributed by atoms with Crippen LogP contribution in [-0.2, 0) is 0 Å². The van der Waals surface area contributed by atoms with Crippen LogP contribution in [0.4, 0.5) is 0 Å². The molecule has 10 heavy (non-hydrogen) atoms. The van der Waals surface area contributed by atoms with Crippen molar-refractivity contribution in [3.63, 3.8) is 0 Å². The Morgan fingerprint density at radius 3 is 2.80 bits per heavy atom. The van der Waals surface area contributed by atoms with Crippen LogP contribution >= 0.6 is 27.5 Å². The zero-order valence-corrected chi connectivity index (χ0v) is 8.32. The fourth-order valence-corrected chi connectivity index (χ4v) is 0.736. The van der Waals surface area contributed by atoms with Gasteiger partial charge in [-0.15, -0.1) is 11.6 Å². The molecule has 0 rings (SSSR count). The summed E-state index contributed by atoms with van der Waals surface area (Å²) in [7, 11) is 0. The summed E-state index contributed by atoms with van der Waals surface area (Å²) in [6.07, 6.45) is 8.93. The van der Waals surface area contributed by atoms with Gasteiger partial charge in [-0.1, -0.05) is 34.2 Å². The van der Waals surface area contributed by atoms with Gasteiger partial charge in [0.15, 0.2) is 0 Å². The largest absolute Gasteiger partial charge is 0.122 e. The molecule has 0 heterocycles. The fourth-order valence-electron chi connectivity index (χ4n) is 0.446. The molecule has 0 aromatic carbocycles. The molecule has 0 amide bonds. The fraction of sp³-hybridized carbons (Fsp3) is 0.375. The first-order chi connectivity index (χ1) is 4.81. The Hall–Kier alpha value is 0.250. The molecule has 0 atom stereocenters. The third-order valence-corrected chi connectivity index (χ3v) is 1.95. The summed E-state index contributed by atoms with van der Waals surface area (Å²) in [6, 6.07) is 0. The number of alkyl halides is 1. The van der Waals surface area contributed by atoms with Gasteiger partial charge in [0.25, 0.3) is 0 Å². The summed E-state index contributed by atoms with van der Waals surface area (Å²) in [5, 5.41) is 0. The maximum atomic E-state index is 5.42. The van der Waals surface area contributed by atoms with Crippen molar-refractivity contribution in [1.82, 2.24) is 0 Å². The summed E-state index contributed by atoms with van der Waals surface area (Å²) in [5.41, 5.74) is 0. The molecule has 0 aromatic rings. The van der Waals surface area contributed by atoms with Crippen LogP contribution < -0.4 is 0 Å². The molecule has 0 N–H and O–H groups in total. The van der Waals surface area contributed by atoms with E-state index in [1.807, 2.05) is 25.2 Å². The van der Waals surface area contributed by atoms with Gasteiger partial charge >= 0.3 is 0 Å². The van der Waals surface area contributed by atoms with E-state index in [2.05, 4.69) is 22.4 Å². The van der Waals surface area contributed by atoms with E-state index in [9.17, 15) is 0 Å². The van der Waals surface area contributed by atoms with E-state index < -0.39 is 0 Å². The summed E-state index contributed by atoms with van der Waals surface area (Å²) in [4.78, 5) is 0. The summed E-state index contributed by atoms with van der Waals surface area (Å²) >= 11 is 8.81. The highest BCUT2D eigenvalue weighted by atomic mass is 79.9. The van der Waals surface area contributed by atoms with E-state index in [0.717, 1.165) is 6.42 Å². The van der Waals surface area contributed by atoms with Crippen LogP contribution in [0.1, 0.15) is 13.3 Å². The van der Waals surface area contributed by atoms with Crippen molar-refractivity contribution in [1.29, 1.82) is 0 Å². The Morgan fingerprint density at radius 1 is 1.60 bits per heavy atom. The Kier molecular flexibility index (Phi) is 7.54. The first-order valence-electron chi connectivity index (χ1n) is 3.16. The van der Waals surface area contributed by atoms with Gasteiger partial charge in [-0.2, -0.15) is 0 Å². The first kappa shape index (κ1) is 10.2. The van der Waals surface area contributed by atoms with E-state index in [1.165, 1.54) is 4.48 Å². The highest BCUT2D eigenvalue weighted by Gasteiger charge is 1.85. The average Bonchev–Trinajstić information content (AvgIpc) is 1.98. The Balaban J connectivity index is 3.28. The van der Waals surface area contributed by atoms with E-state index in [0.29, 0.717) is 5.88 Å². The van der Waals surface area contributed by atoms with Crippen LogP contribution in [0.15, 0.2) is 22.7 Å². The molecule has 0 unspecified atom stereocenters. The second-order valence-electron chi connectivity index (χ2n) is 1.76. The lowest BCUT2D eigenvalue weighted by molar-refractivity contribution is 1.26. The van der Waals surface area contributed by atoms with Gasteiger partial charge in [0, 0.05) is 5.88 Å². The molecule has 2 heteroatoms. The third kappa shape index (κ3) is 6.37. The monoisotopic (exact) mass is 221 g/mol. The minimum absolute atomic E-state index is 0.587. The van der Waals surface area contributed by atoms with E-state index >= 15 is 0 Å². The number of hydrogen-bond donors (Lipinski definition) is 0. The normalized spacial score (nSPS) is 12.9. The van der Waals surface area contributed by atoms with Crippen molar-refractivity contribution in [2.45, 2.75) is 13.3 Å². The quantitative estimate of drug-likeness (QED) is 0.637. The van der Waals surface area contributed by atoms with Crippen molar-refractivity contribution < 1.29 is 0 Å². The molecule has 0 aliphatic rings. The van der Waals surface area contributed by atoms with Crippen LogP contribution in [0.3, 0.4) is 0 Å². The van der Waals surface area contributed by atoms with Gasteiger partial charge in [0.05, 0.1) is 0 Å². The smallest absolute Gasteiger partial charge is 0.0404 e. The third-order valence-electron chi connectivity index (χ3n) is 0.987. The van der Waals surface area contributed by atoms with Gasteiger partial charge in [-0.25, -0.2) is 0 Å². The van der Waals surface area contributed by atoms with Crippen LogP contribution in [0, 0.1) is 6.42 Å². The molecule has 57 valence electrons. The van der Waals surface area contributed by atoms with Crippen LogP contribution in [0.5, 0.6) is 0 Å². The SMILES string of the molecule is CC=C(Br)C[CH]C=CCCl. The van der Waals surface area contributed by atoms with E-state index in [4.69, 9.17) is 11.6 Å². The summed E-state index contributed by atoms with van der Waals surface area (Å²) in [6.45, 7) is 2.00. The standard InChI is InChI=1S/C8H11BrCl/c1-2-8(9)6-4-3-5-7-10/h2-5H,6-7H2,1H3. The van der Waals surface area contributed by atoms with Gasteiger partial charge < -0.3 is 0 Å². The second kappa shape index (κ2) is 7.36. The number of rotatable bonds is 4. The number of allylic oxidation sites excluding steroid dienone is 4. The molecule has 0 saturated heterocycles. The minimum atomic E-state index is 0.587. The Bertz CT molecular complexity index is 127. The predicted molar refractivity (Wildman–Crippen MR) is 51.5 cm³/mol. The van der Waals surface area contributed by atoms with Gasteiger partial charge in [0.1, 0.15) is 0 Å². The van der Waals surface area contributed by atoms with Gasteiger partial charge in [-0.3, -0.25) is 0 Å². The van der Waals surface area contributed by atoms with Gasteiger partial charge in [-0.05, 0) is 24.2 Å². The first-order valence-corrected chi connectivity index (χ1v) is 4.49. The molecular formula is C8H11BrCl. The molecule has 0 nitrogen and oxygen atoms in total. The minimum Gasteiger partial charge on any atom is -0.122 e.